The van der Waals surface area contributed by atoms with E-state index < -0.39 is 16.0 Å². The van der Waals surface area contributed by atoms with E-state index in [4.69, 9.17) is 9.84 Å². The molecule has 1 rings (SSSR count). The van der Waals surface area contributed by atoms with Crippen LogP contribution in [0.5, 0.6) is 5.75 Å². The molecule has 7 nitrogen and oxygen atoms in total. The molecule has 0 bridgehead atoms. The molecule has 8 heteroatoms. The van der Waals surface area contributed by atoms with Crippen molar-refractivity contribution < 1.29 is 23.1 Å². The van der Waals surface area contributed by atoms with Crippen LogP contribution < -0.4 is 14.8 Å². The summed E-state index contributed by atoms with van der Waals surface area (Å²) in [5.74, 6) is -1.13. The predicted octanol–water partition coefficient (Wildman–Crippen LogP) is 0.671. The molecule has 0 radical (unpaired) electrons. The summed E-state index contributed by atoms with van der Waals surface area (Å²) in [6.45, 7) is 3.81. The van der Waals surface area contributed by atoms with Crippen LogP contribution in [0.25, 0.3) is 0 Å². The summed E-state index contributed by atoms with van der Waals surface area (Å²) >= 11 is 0. The van der Waals surface area contributed by atoms with Crippen LogP contribution in [0.4, 0.5) is 0 Å². The summed E-state index contributed by atoms with van der Waals surface area (Å²) in [4.78, 5) is 10.8. The SMILES string of the molecule is CCNCCCNS(=O)(=O)c1ccc(C(=O)O)cc1OC. The van der Waals surface area contributed by atoms with E-state index >= 15 is 0 Å². The number of carboxylic acids is 1. The van der Waals surface area contributed by atoms with Gasteiger partial charge in [-0.2, -0.15) is 0 Å². The van der Waals surface area contributed by atoms with E-state index in [1.807, 2.05) is 6.92 Å². The number of nitrogens with one attached hydrogen (secondary N) is 2. The van der Waals surface area contributed by atoms with Crippen LogP contribution in [-0.4, -0.2) is 46.2 Å². The molecular formula is C13H20N2O5S. The van der Waals surface area contributed by atoms with Crippen molar-refractivity contribution in [1.29, 1.82) is 0 Å². The number of sulfonamides is 1. The fraction of sp³-hybridized carbons (Fsp3) is 0.462. The van der Waals surface area contributed by atoms with Gasteiger partial charge in [0, 0.05) is 6.54 Å². The second-order valence-corrected chi connectivity index (χ2v) is 6.01. The van der Waals surface area contributed by atoms with Crippen molar-refractivity contribution in [2.75, 3.05) is 26.7 Å². The van der Waals surface area contributed by atoms with Crippen molar-refractivity contribution >= 4 is 16.0 Å². The van der Waals surface area contributed by atoms with Crippen LogP contribution in [0, 0.1) is 0 Å². The average molecular weight is 316 g/mol. The molecule has 1 aromatic carbocycles. The average Bonchev–Trinajstić information content (AvgIpc) is 2.46. The minimum absolute atomic E-state index is 0.00841. The van der Waals surface area contributed by atoms with E-state index in [0.29, 0.717) is 19.5 Å². The van der Waals surface area contributed by atoms with Crippen molar-refractivity contribution in [3.8, 4) is 5.75 Å². The van der Waals surface area contributed by atoms with Crippen molar-refractivity contribution in [3.05, 3.63) is 23.8 Å². The molecule has 21 heavy (non-hydrogen) atoms. The number of aromatic carboxylic acids is 1. The van der Waals surface area contributed by atoms with Crippen LogP contribution in [0.3, 0.4) is 0 Å². The van der Waals surface area contributed by atoms with E-state index in [1.54, 1.807) is 0 Å². The largest absolute Gasteiger partial charge is 0.495 e. The smallest absolute Gasteiger partial charge is 0.335 e. The molecule has 0 aliphatic rings. The lowest BCUT2D eigenvalue weighted by Crippen LogP contribution is -2.27. The van der Waals surface area contributed by atoms with Gasteiger partial charge in [-0.25, -0.2) is 17.9 Å². The zero-order chi connectivity index (χ0) is 15.9. The monoisotopic (exact) mass is 316 g/mol. The Bertz CT molecular complexity index is 586. The number of benzene rings is 1. The van der Waals surface area contributed by atoms with Gasteiger partial charge in [-0.05, 0) is 37.7 Å². The molecule has 0 saturated heterocycles. The second kappa shape index (κ2) is 7.96. The van der Waals surface area contributed by atoms with Gasteiger partial charge in [-0.3, -0.25) is 0 Å². The van der Waals surface area contributed by atoms with Crippen molar-refractivity contribution in [3.63, 3.8) is 0 Å². The Balaban J connectivity index is 2.85. The number of hydrogen-bond acceptors (Lipinski definition) is 5. The number of carboxylic acid groups (broad SMARTS) is 1. The molecule has 1 aromatic rings. The summed E-state index contributed by atoms with van der Waals surface area (Å²) < 4.78 is 31.8. The number of ether oxygens (including phenoxy) is 1. The lowest BCUT2D eigenvalue weighted by molar-refractivity contribution is 0.0696. The van der Waals surface area contributed by atoms with E-state index in [1.165, 1.54) is 25.3 Å². The van der Waals surface area contributed by atoms with Crippen LogP contribution in [-0.2, 0) is 10.0 Å². The molecule has 0 spiro atoms. The summed E-state index contributed by atoms with van der Waals surface area (Å²) in [7, 11) is -2.43. The Morgan fingerprint density at radius 1 is 1.33 bits per heavy atom. The summed E-state index contributed by atoms with van der Waals surface area (Å²) in [5.41, 5.74) is -0.0297. The van der Waals surface area contributed by atoms with Crippen LogP contribution >= 0.6 is 0 Å². The van der Waals surface area contributed by atoms with Gasteiger partial charge in [0.15, 0.2) is 0 Å². The minimum Gasteiger partial charge on any atom is -0.495 e. The molecular weight excluding hydrogens is 296 g/mol. The van der Waals surface area contributed by atoms with Crippen LogP contribution in [0.15, 0.2) is 23.1 Å². The number of carbonyl (C=O) groups is 1. The highest BCUT2D eigenvalue weighted by Gasteiger charge is 2.20. The van der Waals surface area contributed by atoms with E-state index in [9.17, 15) is 13.2 Å². The van der Waals surface area contributed by atoms with Crippen molar-refractivity contribution in [1.82, 2.24) is 10.0 Å². The first kappa shape index (κ1) is 17.4. The first-order chi connectivity index (χ1) is 9.92. The van der Waals surface area contributed by atoms with Gasteiger partial charge in [0.05, 0.1) is 12.7 Å². The Morgan fingerprint density at radius 2 is 2.05 bits per heavy atom. The molecule has 0 unspecified atom stereocenters. The van der Waals surface area contributed by atoms with Crippen LogP contribution in [0.1, 0.15) is 23.7 Å². The zero-order valence-corrected chi connectivity index (χ0v) is 12.9. The maximum Gasteiger partial charge on any atom is 0.335 e. The third-order valence-corrected chi connectivity index (χ3v) is 4.27. The molecule has 0 aromatic heterocycles. The minimum atomic E-state index is -3.73. The third kappa shape index (κ3) is 5.00. The van der Waals surface area contributed by atoms with Gasteiger partial charge in [0.1, 0.15) is 10.6 Å². The van der Waals surface area contributed by atoms with Gasteiger partial charge in [-0.1, -0.05) is 6.92 Å². The Kier molecular flexibility index (Phi) is 6.60. The highest BCUT2D eigenvalue weighted by Crippen LogP contribution is 2.24. The third-order valence-electron chi connectivity index (χ3n) is 2.77. The fourth-order valence-corrected chi connectivity index (χ4v) is 2.92. The normalized spacial score (nSPS) is 11.3. The zero-order valence-electron chi connectivity index (χ0n) is 12.0. The quantitative estimate of drug-likeness (QED) is 0.578. The molecule has 118 valence electrons. The van der Waals surface area contributed by atoms with Gasteiger partial charge in [-0.15, -0.1) is 0 Å². The number of hydrogen-bond donors (Lipinski definition) is 3. The van der Waals surface area contributed by atoms with E-state index in [2.05, 4.69) is 10.0 Å². The highest BCUT2D eigenvalue weighted by molar-refractivity contribution is 7.89. The number of methoxy groups -OCH3 is 1. The van der Waals surface area contributed by atoms with E-state index in [-0.39, 0.29) is 16.2 Å². The first-order valence-corrected chi connectivity index (χ1v) is 8.02. The van der Waals surface area contributed by atoms with E-state index in [0.717, 1.165) is 6.54 Å². The second-order valence-electron chi connectivity index (χ2n) is 4.28. The molecule has 0 fully saturated rings. The standard InChI is InChI=1S/C13H20N2O5S/c1-3-14-7-4-8-15-21(18,19)12-6-5-10(13(16)17)9-11(12)20-2/h5-6,9,14-15H,3-4,7-8H2,1-2H3,(H,16,17). The van der Waals surface area contributed by atoms with Crippen molar-refractivity contribution in [2.45, 2.75) is 18.2 Å². The molecule has 0 heterocycles. The maximum absolute atomic E-state index is 12.2. The first-order valence-electron chi connectivity index (χ1n) is 6.54. The van der Waals surface area contributed by atoms with Gasteiger partial charge in [0.25, 0.3) is 0 Å². The molecule has 3 N–H and O–H groups in total. The topological polar surface area (TPSA) is 105 Å². The Labute approximate surface area is 124 Å². The lowest BCUT2D eigenvalue weighted by Gasteiger charge is -2.11. The van der Waals surface area contributed by atoms with Gasteiger partial charge < -0.3 is 15.2 Å². The fourth-order valence-electron chi connectivity index (χ4n) is 1.70. The highest BCUT2D eigenvalue weighted by atomic mass is 32.2. The molecule has 0 aliphatic carbocycles. The lowest BCUT2D eigenvalue weighted by atomic mass is 10.2. The molecule has 0 aliphatic heterocycles. The summed E-state index contributed by atoms with van der Waals surface area (Å²) in [5, 5.41) is 12.0. The summed E-state index contributed by atoms with van der Waals surface area (Å²) in [6, 6.07) is 3.66. The Morgan fingerprint density at radius 3 is 2.62 bits per heavy atom. The van der Waals surface area contributed by atoms with Gasteiger partial charge >= 0.3 is 5.97 Å². The number of rotatable bonds is 9. The Hall–Kier alpha value is -1.64. The van der Waals surface area contributed by atoms with Crippen molar-refractivity contribution in [2.24, 2.45) is 0 Å². The van der Waals surface area contributed by atoms with Gasteiger partial charge in [0.2, 0.25) is 10.0 Å². The van der Waals surface area contributed by atoms with Crippen LogP contribution in [0.2, 0.25) is 0 Å². The maximum atomic E-state index is 12.2. The predicted molar refractivity (Wildman–Crippen MR) is 78.3 cm³/mol. The molecule has 0 amide bonds. The molecule has 0 saturated carbocycles. The summed E-state index contributed by atoms with van der Waals surface area (Å²) in [6.07, 6.45) is 0.655. The molecule has 0 atom stereocenters.